The van der Waals surface area contributed by atoms with Gasteiger partial charge in [-0.05, 0) is 40.5 Å². The number of aliphatic imine (C=N–C) groups is 1. The Kier molecular flexibility index (Phi) is 4.87. The molecule has 0 amide bonds. The van der Waals surface area contributed by atoms with Crippen molar-refractivity contribution in [1.29, 1.82) is 0 Å². The summed E-state index contributed by atoms with van der Waals surface area (Å²) in [4.78, 5) is 16.0. The molecular weight excluding hydrogens is 202 g/mol. The first-order chi connectivity index (χ1) is 7.54. The molecule has 0 spiro atoms. The van der Waals surface area contributed by atoms with Crippen molar-refractivity contribution in [3.63, 3.8) is 0 Å². The number of allylic oxidation sites excluding steroid dienone is 2. The molecule has 3 heteroatoms. The molecule has 0 bridgehead atoms. The molecule has 0 aromatic heterocycles. The maximum absolute atomic E-state index is 11.7. The Balaban J connectivity index is 2.49. The first-order valence-electron chi connectivity index (χ1n) is 5.94. The predicted octanol–water partition coefficient (Wildman–Crippen LogP) is 2.75. The second kappa shape index (κ2) is 5.94. The van der Waals surface area contributed by atoms with Crippen LogP contribution in [0.4, 0.5) is 0 Å². The van der Waals surface area contributed by atoms with Crippen LogP contribution in [0, 0.1) is 5.92 Å². The molecule has 0 saturated heterocycles. The Morgan fingerprint density at radius 2 is 2.00 bits per heavy atom. The van der Waals surface area contributed by atoms with Crippen LogP contribution < -0.4 is 0 Å². The zero-order valence-corrected chi connectivity index (χ0v) is 10.6. The number of ether oxygens (including phenoxy) is 1. The molecule has 1 aliphatic carbocycles. The molecule has 0 aromatic carbocycles. The summed E-state index contributed by atoms with van der Waals surface area (Å²) in [6.45, 7) is 7.74. The monoisotopic (exact) mass is 223 g/mol. The highest BCUT2D eigenvalue weighted by Gasteiger charge is 2.31. The van der Waals surface area contributed by atoms with Crippen molar-refractivity contribution < 1.29 is 9.53 Å². The molecule has 1 atom stereocenters. The smallest absolute Gasteiger partial charge is 0.183 e. The van der Waals surface area contributed by atoms with Crippen molar-refractivity contribution in [3.05, 3.63) is 11.8 Å². The lowest BCUT2D eigenvalue weighted by Crippen LogP contribution is -2.16. The quantitative estimate of drug-likeness (QED) is 0.513. The molecule has 0 heterocycles. The zero-order valence-electron chi connectivity index (χ0n) is 10.6. The molecule has 0 aliphatic heterocycles. The van der Waals surface area contributed by atoms with Crippen LogP contribution in [0.5, 0.6) is 0 Å². The second-order valence-corrected chi connectivity index (χ2v) is 4.48. The fourth-order valence-corrected chi connectivity index (χ4v) is 1.48. The molecule has 16 heavy (non-hydrogen) atoms. The Bertz CT molecular complexity index is 301. The van der Waals surface area contributed by atoms with Gasteiger partial charge in [0.15, 0.2) is 5.78 Å². The first-order valence-corrected chi connectivity index (χ1v) is 5.94. The van der Waals surface area contributed by atoms with Gasteiger partial charge in [-0.25, -0.2) is 0 Å². The van der Waals surface area contributed by atoms with Gasteiger partial charge in [-0.3, -0.25) is 9.79 Å². The number of carbonyl (C=O) groups is 1. The average Bonchev–Trinajstić information content (AvgIpc) is 3.00. The molecule has 0 radical (unpaired) electrons. The number of ketones is 1. The Labute approximate surface area is 97.6 Å². The van der Waals surface area contributed by atoms with Crippen molar-refractivity contribution in [3.8, 4) is 0 Å². The first kappa shape index (κ1) is 13.1. The number of rotatable bonds is 6. The molecule has 0 aromatic rings. The lowest BCUT2D eigenvalue weighted by molar-refractivity contribution is -0.116. The van der Waals surface area contributed by atoms with E-state index in [1.165, 1.54) is 0 Å². The SMILES string of the molecule is C/C=C(\N=C/C(C)OC(C)C)C(=O)C1CC1. The highest BCUT2D eigenvalue weighted by molar-refractivity contribution is 5.99. The minimum Gasteiger partial charge on any atom is -0.370 e. The number of Topliss-reactive ketones (excluding diaryl/α,β-unsaturated/α-hetero) is 1. The Hall–Kier alpha value is -0.960. The molecule has 90 valence electrons. The van der Waals surface area contributed by atoms with Crippen molar-refractivity contribution in [2.75, 3.05) is 0 Å². The van der Waals surface area contributed by atoms with Crippen LogP contribution in [0.1, 0.15) is 40.5 Å². The van der Waals surface area contributed by atoms with E-state index in [4.69, 9.17) is 4.74 Å². The van der Waals surface area contributed by atoms with Gasteiger partial charge in [0, 0.05) is 12.1 Å². The normalized spacial score (nSPS) is 19.4. The van der Waals surface area contributed by atoms with E-state index >= 15 is 0 Å². The summed E-state index contributed by atoms with van der Waals surface area (Å²) in [6.07, 6.45) is 5.64. The fraction of sp³-hybridized carbons (Fsp3) is 0.692. The number of hydrogen-bond donors (Lipinski definition) is 0. The molecule has 1 fully saturated rings. The van der Waals surface area contributed by atoms with Crippen molar-refractivity contribution >= 4 is 12.0 Å². The van der Waals surface area contributed by atoms with Crippen LogP contribution in [-0.4, -0.2) is 24.2 Å². The minimum absolute atomic E-state index is 0.0537. The van der Waals surface area contributed by atoms with E-state index in [0.29, 0.717) is 5.70 Å². The molecule has 3 nitrogen and oxygen atoms in total. The number of hydrogen-bond acceptors (Lipinski definition) is 3. The van der Waals surface area contributed by atoms with Gasteiger partial charge >= 0.3 is 0 Å². The van der Waals surface area contributed by atoms with E-state index in [2.05, 4.69) is 4.99 Å². The van der Waals surface area contributed by atoms with E-state index < -0.39 is 0 Å². The van der Waals surface area contributed by atoms with E-state index in [-0.39, 0.29) is 23.9 Å². The van der Waals surface area contributed by atoms with Crippen LogP contribution in [0.3, 0.4) is 0 Å². The molecule has 1 saturated carbocycles. The largest absolute Gasteiger partial charge is 0.370 e. The second-order valence-electron chi connectivity index (χ2n) is 4.48. The maximum atomic E-state index is 11.7. The fourth-order valence-electron chi connectivity index (χ4n) is 1.48. The van der Waals surface area contributed by atoms with Crippen LogP contribution in [0.2, 0.25) is 0 Å². The lowest BCUT2D eigenvalue weighted by atomic mass is 10.2. The third kappa shape index (κ3) is 4.27. The summed E-state index contributed by atoms with van der Waals surface area (Å²) in [7, 11) is 0. The van der Waals surface area contributed by atoms with Crippen LogP contribution in [-0.2, 0) is 9.53 Å². The molecule has 0 N–H and O–H groups in total. The van der Waals surface area contributed by atoms with Gasteiger partial charge in [0.25, 0.3) is 0 Å². The molecule has 1 rings (SSSR count). The third-order valence-corrected chi connectivity index (χ3v) is 2.38. The molecular formula is C13H21NO2. The van der Waals surface area contributed by atoms with Crippen molar-refractivity contribution in [2.45, 2.75) is 52.7 Å². The van der Waals surface area contributed by atoms with E-state index in [1.807, 2.05) is 27.7 Å². The summed E-state index contributed by atoms with van der Waals surface area (Å²) in [5.41, 5.74) is 0.571. The van der Waals surface area contributed by atoms with Gasteiger partial charge < -0.3 is 4.74 Å². The summed E-state index contributed by atoms with van der Waals surface area (Å²) in [5.74, 6) is 0.403. The van der Waals surface area contributed by atoms with Gasteiger partial charge in [0.05, 0.1) is 12.2 Å². The van der Waals surface area contributed by atoms with Gasteiger partial charge in [-0.2, -0.15) is 0 Å². The number of nitrogens with zero attached hydrogens (tertiary/aromatic N) is 1. The summed E-state index contributed by atoms with van der Waals surface area (Å²) in [6, 6.07) is 0. The zero-order chi connectivity index (χ0) is 12.1. The van der Waals surface area contributed by atoms with E-state index in [9.17, 15) is 4.79 Å². The number of carbonyl (C=O) groups excluding carboxylic acids is 1. The van der Waals surface area contributed by atoms with Gasteiger partial charge in [0.1, 0.15) is 5.70 Å². The Morgan fingerprint density at radius 1 is 1.38 bits per heavy atom. The Morgan fingerprint density at radius 3 is 2.44 bits per heavy atom. The molecule has 1 unspecified atom stereocenters. The minimum atomic E-state index is -0.0537. The standard InChI is InChI=1S/C13H21NO2/c1-5-12(13(15)11-6-7-11)14-8-10(4)16-9(2)3/h5,8-11H,6-7H2,1-4H3/b12-5-,14-8-. The van der Waals surface area contributed by atoms with Crippen molar-refractivity contribution in [2.24, 2.45) is 10.9 Å². The van der Waals surface area contributed by atoms with Gasteiger partial charge in [-0.15, -0.1) is 0 Å². The van der Waals surface area contributed by atoms with E-state index in [1.54, 1.807) is 12.3 Å². The third-order valence-electron chi connectivity index (χ3n) is 2.38. The lowest BCUT2D eigenvalue weighted by Gasteiger charge is -2.11. The van der Waals surface area contributed by atoms with Crippen LogP contribution in [0.15, 0.2) is 16.8 Å². The van der Waals surface area contributed by atoms with Crippen molar-refractivity contribution in [1.82, 2.24) is 0 Å². The van der Waals surface area contributed by atoms with E-state index in [0.717, 1.165) is 12.8 Å². The topological polar surface area (TPSA) is 38.7 Å². The van der Waals surface area contributed by atoms with Crippen LogP contribution in [0.25, 0.3) is 0 Å². The molecule has 1 aliphatic rings. The highest BCUT2D eigenvalue weighted by atomic mass is 16.5. The summed E-state index contributed by atoms with van der Waals surface area (Å²) in [5, 5.41) is 0. The van der Waals surface area contributed by atoms with Gasteiger partial charge in [-0.1, -0.05) is 6.08 Å². The van der Waals surface area contributed by atoms with Gasteiger partial charge in [0.2, 0.25) is 0 Å². The average molecular weight is 223 g/mol. The highest BCUT2D eigenvalue weighted by Crippen LogP contribution is 2.32. The summed E-state index contributed by atoms with van der Waals surface area (Å²) >= 11 is 0. The predicted molar refractivity (Wildman–Crippen MR) is 65.7 cm³/mol. The van der Waals surface area contributed by atoms with Crippen LogP contribution >= 0.6 is 0 Å². The maximum Gasteiger partial charge on any atom is 0.183 e. The summed E-state index contributed by atoms with van der Waals surface area (Å²) < 4.78 is 5.51.